The molecular formula is C12H16O3. The summed E-state index contributed by atoms with van der Waals surface area (Å²) in [6, 6.07) is 0. The summed E-state index contributed by atoms with van der Waals surface area (Å²) in [5, 5.41) is 0. The van der Waals surface area contributed by atoms with E-state index >= 15 is 0 Å². The molecule has 0 N–H and O–H groups in total. The zero-order chi connectivity index (χ0) is 11.6. The van der Waals surface area contributed by atoms with Gasteiger partial charge in [-0.1, -0.05) is 17.7 Å². The summed E-state index contributed by atoms with van der Waals surface area (Å²) in [4.78, 5) is 22.7. The maximum absolute atomic E-state index is 12.0. The lowest BCUT2D eigenvalue weighted by molar-refractivity contribution is -0.145. The lowest BCUT2D eigenvalue weighted by Gasteiger charge is -2.31. The standard InChI is InChI=1S/C12H16O3/c1-8-5-6-9(2)12(4,11(8)14)7-15-10(3)13/h5-6H,7H2,1-4H3/t12-/m1/s1. The van der Waals surface area contributed by atoms with Gasteiger partial charge in [0, 0.05) is 6.92 Å². The van der Waals surface area contributed by atoms with Gasteiger partial charge in [0.1, 0.15) is 6.61 Å². The number of carbonyl (C=O) groups excluding carboxylic acids is 2. The van der Waals surface area contributed by atoms with Gasteiger partial charge in [-0.15, -0.1) is 0 Å². The third-order valence-corrected chi connectivity index (χ3v) is 2.88. The quantitative estimate of drug-likeness (QED) is 0.652. The Bertz CT molecular complexity index is 359. The molecule has 0 radical (unpaired) electrons. The Balaban J connectivity index is 2.92. The van der Waals surface area contributed by atoms with E-state index in [2.05, 4.69) is 0 Å². The van der Waals surface area contributed by atoms with E-state index in [4.69, 9.17) is 4.74 Å². The zero-order valence-electron chi connectivity index (χ0n) is 9.59. The zero-order valence-corrected chi connectivity index (χ0v) is 9.59. The van der Waals surface area contributed by atoms with Crippen LogP contribution < -0.4 is 0 Å². The van der Waals surface area contributed by atoms with E-state index in [0.29, 0.717) is 5.57 Å². The van der Waals surface area contributed by atoms with Gasteiger partial charge >= 0.3 is 5.97 Å². The molecule has 0 aromatic heterocycles. The Morgan fingerprint density at radius 1 is 1.40 bits per heavy atom. The van der Waals surface area contributed by atoms with Crippen LogP contribution in [0.25, 0.3) is 0 Å². The normalized spacial score (nSPS) is 25.7. The molecule has 0 spiro atoms. The maximum atomic E-state index is 12.0. The summed E-state index contributed by atoms with van der Waals surface area (Å²) >= 11 is 0. The number of hydrogen-bond acceptors (Lipinski definition) is 3. The molecule has 15 heavy (non-hydrogen) atoms. The molecule has 1 rings (SSSR count). The lowest BCUT2D eigenvalue weighted by Crippen LogP contribution is -2.37. The minimum atomic E-state index is -0.690. The monoisotopic (exact) mass is 208 g/mol. The van der Waals surface area contributed by atoms with Crippen molar-refractivity contribution in [2.45, 2.75) is 27.7 Å². The fourth-order valence-corrected chi connectivity index (χ4v) is 1.55. The number of carbonyl (C=O) groups is 2. The third-order valence-electron chi connectivity index (χ3n) is 2.88. The Morgan fingerprint density at radius 3 is 2.53 bits per heavy atom. The largest absolute Gasteiger partial charge is 0.464 e. The van der Waals surface area contributed by atoms with Crippen molar-refractivity contribution in [2.75, 3.05) is 6.61 Å². The number of esters is 1. The van der Waals surface area contributed by atoms with Gasteiger partial charge in [-0.3, -0.25) is 9.59 Å². The number of hydrogen-bond donors (Lipinski definition) is 0. The lowest BCUT2D eigenvalue weighted by atomic mass is 9.74. The van der Waals surface area contributed by atoms with E-state index in [0.717, 1.165) is 5.57 Å². The number of ether oxygens (including phenoxy) is 1. The van der Waals surface area contributed by atoms with Crippen molar-refractivity contribution in [3.05, 3.63) is 23.3 Å². The number of rotatable bonds is 2. The summed E-state index contributed by atoms with van der Waals surface area (Å²) in [5.41, 5.74) is 0.944. The molecule has 0 bridgehead atoms. The Labute approximate surface area is 89.8 Å². The molecule has 0 fully saturated rings. The first kappa shape index (κ1) is 11.7. The van der Waals surface area contributed by atoms with Gasteiger partial charge in [-0.2, -0.15) is 0 Å². The summed E-state index contributed by atoms with van der Waals surface area (Å²) in [6.07, 6.45) is 3.70. The number of Topliss-reactive ketones (excluding diaryl/α,β-unsaturated/α-hetero) is 1. The van der Waals surface area contributed by atoms with Gasteiger partial charge in [0.05, 0.1) is 5.41 Å². The van der Waals surface area contributed by atoms with Gasteiger partial charge in [0.2, 0.25) is 0 Å². The van der Waals surface area contributed by atoms with Crippen LogP contribution in [-0.2, 0) is 14.3 Å². The first-order valence-corrected chi connectivity index (χ1v) is 4.92. The highest BCUT2D eigenvalue weighted by Gasteiger charge is 2.38. The van der Waals surface area contributed by atoms with Gasteiger partial charge in [0.15, 0.2) is 5.78 Å². The van der Waals surface area contributed by atoms with E-state index in [1.807, 2.05) is 13.0 Å². The molecule has 0 aromatic carbocycles. The topological polar surface area (TPSA) is 43.4 Å². The molecule has 0 saturated carbocycles. The first-order valence-electron chi connectivity index (χ1n) is 4.92. The van der Waals surface area contributed by atoms with Crippen LogP contribution in [0.3, 0.4) is 0 Å². The molecular weight excluding hydrogens is 192 g/mol. The average molecular weight is 208 g/mol. The minimum Gasteiger partial charge on any atom is -0.464 e. The molecule has 3 heteroatoms. The molecule has 1 aliphatic rings. The van der Waals surface area contributed by atoms with Crippen LogP contribution in [0.1, 0.15) is 27.7 Å². The van der Waals surface area contributed by atoms with Crippen molar-refractivity contribution in [2.24, 2.45) is 5.41 Å². The van der Waals surface area contributed by atoms with E-state index in [1.165, 1.54) is 6.92 Å². The van der Waals surface area contributed by atoms with Crippen LogP contribution in [0.5, 0.6) is 0 Å². The van der Waals surface area contributed by atoms with Crippen molar-refractivity contribution in [3.63, 3.8) is 0 Å². The van der Waals surface area contributed by atoms with Crippen molar-refractivity contribution < 1.29 is 14.3 Å². The second kappa shape index (κ2) is 4.01. The molecule has 0 aromatic rings. The molecule has 0 heterocycles. The van der Waals surface area contributed by atoms with E-state index < -0.39 is 5.41 Å². The second-order valence-electron chi connectivity index (χ2n) is 4.14. The molecule has 0 aliphatic heterocycles. The SMILES string of the molecule is CC(=O)OC[C@@]1(C)C(=O)C(C)=CC=C1C. The summed E-state index contributed by atoms with van der Waals surface area (Å²) in [6.45, 7) is 6.93. The first-order chi connectivity index (χ1) is 6.88. The fourth-order valence-electron chi connectivity index (χ4n) is 1.55. The predicted octanol–water partition coefficient (Wildman–Crippen LogP) is 2.03. The van der Waals surface area contributed by atoms with Crippen LogP contribution in [-0.4, -0.2) is 18.4 Å². The summed E-state index contributed by atoms with van der Waals surface area (Å²) < 4.78 is 4.95. The molecule has 0 amide bonds. The molecule has 3 nitrogen and oxygen atoms in total. The van der Waals surface area contributed by atoms with Crippen molar-refractivity contribution in [3.8, 4) is 0 Å². The van der Waals surface area contributed by atoms with Crippen LogP contribution in [0.4, 0.5) is 0 Å². The Hall–Kier alpha value is -1.38. The predicted molar refractivity (Wildman–Crippen MR) is 57.3 cm³/mol. The smallest absolute Gasteiger partial charge is 0.302 e. The van der Waals surface area contributed by atoms with Gasteiger partial charge in [-0.25, -0.2) is 0 Å². The van der Waals surface area contributed by atoms with Gasteiger partial charge < -0.3 is 4.74 Å². The molecule has 0 saturated heterocycles. The summed E-state index contributed by atoms with van der Waals surface area (Å²) in [5.74, 6) is -0.326. The molecule has 82 valence electrons. The average Bonchev–Trinajstić information content (AvgIpc) is 2.18. The minimum absolute atomic E-state index is 0.0313. The van der Waals surface area contributed by atoms with Gasteiger partial charge in [-0.05, 0) is 26.3 Å². The van der Waals surface area contributed by atoms with Crippen molar-refractivity contribution in [1.82, 2.24) is 0 Å². The molecule has 1 aliphatic carbocycles. The highest BCUT2D eigenvalue weighted by atomic mass is 16.5. The number of ketones is 1. The van der Waals surface area contributed by atoms with E-state index in [-0.39, 0.29) is 18.4 Å². The Kier molecular flexibility index (Phi) is 3.12. The third kappa shape index (κ3) is 2.17. The second-order valence-corrected chi connectivity index (χ2v) is 4.14. The molecule has 0 unspecified atom stereocenters. The highest BCUT2D eigenvalue weighted by molar-refractivity contribution is 6.02. The fraction of sp³-hybridized carbons (Fsp3) is 0.500. The maximum Gasteiger partial charge on any atom is 0.302 e. The van der Waals surface area contributed by atoms with Crippen molar-refractivity contribution in [1.29, 1.82) is 0 Å². The van der Waals surface area contributed by atoms with Gasteiger partial charge in [0.25, 0.3) is 0 Å². The van der Waals surface area contributed by atoms with E-state index in [1.54, 1.807) is 19.9 Å². The molecule has 1 atom stereocenters. The number of allylic oxidation sites excluding steroid dienone is 3. The summed E-state index contributed by atoms with van der Waals surface area (Å²) in [7, 11) is 0. The van der Waals surface area contributed by atoms with Crippen LogP contribution in [0.15, 0.2) is 23.3 Å². The van der Waals surface area contributed by atoms with Crippen LogP contribution in [0.2, 0.25) is 0 Å². The van der Waals surface area contributed by atoms with E-state index in [9.17, 15) is 9.59 Å². The van der Waals surface area contributed by atoms with Crippen LogP contribution >= 0.6 is 0 Å². The Morgan fingerprint density at radius 2 is 2.00 bits per heavy atom. The van der Waals surface area contributed by atoms with Crippen molar-refractivity contribution >= 4 is 11.8 Å². The van der Waals surface area contributed by atoms with Crippen LogP contribution in [0, 0.1) is 5.41 Å². The highest BCUT2D eigenvalue weighted by Crippen LogP contribution is 2.34.